The molecule has 2 radical (unpaired) electrons. The van der Waals surface area contributed by atoms with Gasteiger partial charge < -0.3 is 25.3 Å². The van der Waals surface area contributed by atoms with E-state index in [0.717, 1.165) is 0 Å². The van der Waals surface area contributed by atoms with Gasteiger partial charge in [0.15, 0.2) is 0 Å². The summed E-state index contributed by atoms with van der Waals surface area (Å²) < 4.78 is 0.167. The van der Waals surface area contributed by atoms with Gasteiger partial charge >= 0.3 is 23.9 Å². The molecular formula is C10H26S2Sn. The maximum atomic E-state index is 4.83. The monoisotopic (exact) mass is 330 g/mol. The molecule has 0 atom stereocenters. The number of rotatable bonds is 0. The summed E-state index contributed by atoms with van der Waals surface area (Å²) in [5, 5.41) is 0. The zero-order valence-corrected chi connectivity index (χ0v) is 12.8. The van der Waals surface area contributed by atoms with E-state index in [1.807, 2.05) is 41.5 Å². The van der Waals surface area contributed by atoms with E-state index in [9.17, 15) is 0 Å². The maximum absolute atomic E-state index is 4.83. The fourth-order valence-electron chi connectivity index (χ4n) is 0. The average molecular weight is 329 g/mol. The van der Waals surface area contributed by atoms with Crippen molar-refractivity contribution in [1.82, 2.24) is 0 Å². The van der Waals surface area contributed by atoms with Gasteiger partial charge in [0.25, 0.3) is 0 Å². The SMILES string of the molecule is C.C.CC(C)(C)[S-].CC(C)(C)[S-].[Sn+2]. The number of hydrogen-bond donors (Lipinski definition) is 0. The Balaban J connectivity index is -0.0000000267. The summed E-state index contributed by atoms with van der Waals surface area (Å²) in [6.07, 6.45) is 0. The average Bonchev–Trinajstić information content (AvgIpc) is 1.12. The molecule has 0 aliphatic rings. The minimum absolute atomic E-state index is 0. The van der Waals surface area contributed by atoms with E-state index in [4.69, 9.17) is 25.3 Å². The van der Waals surface area contributed by atoms with Gasteiger partial charge in [-0.25, -0.2) is 0 Å². The van der Waals surface area contributed by atoms with Crippen LogP contribution in [0.3, 0.4) is 0 Å². The molecule has 0 unspecified atom stereocenters. The van der Waals surface area contributed by atoms with Crippen LogP contribution in [0, 0.1) is 0 Å². The Kier molecular flexibility index (Phi) is 26.1. The van der Waals surface area contributed by atoms with Crippen LogP contribution in [0.15, 0.2) is 0 Å². The molecule has 0 spiro atoms. The van der Waals surface area contributed by atoms with Crippen LogP contribution in [0.4, 0.5) is 0 Å². The molecule has 0 saturated carbocycles. The summed E-state index contributed by atoms with van der Waals surface area (Å²) >= 11 is 9.65. The molecule has 0 aromatic heterocycles. The summed E-state index contributed by atoms with van der Waals surface area (Å²) in [5.41, 5.74) is 0. The Bertz CT molecular complexity index is 55.9. The van der Waals surface area contributed by atoms with E-state index >= 15 is 0 Å². The minimum atomic E-state index is 0. The Labute approximate surface area is 114 Å². The van der Waals surface area contributed by atoms with Crippen molar-refractivity contribution in [2.45, 2.75) is 65.9 Å². The normalized spacial score (nSPS) is 9.23. The second kappa shape index (κ2) is 11.6. The first-order valence-corrected chi connectivity index (χ1v) is 4.22. The van der Waals surface area contributed by atoms with Crippen molar-refractivity contribution in [3.8, 4) is 0 Å². The molecule has 0 aromatic carbocycles. The van der Waals surface area contributed by atoms with E-state index in [0.29, 0.717) is 0 Å². The first-order chi connectivity index (χ1) is 4.00. The van der Waals surface area contributed by atoms with Crippen LogP contribution in [0.25, 0.3) is 0 Å². The van der Waals surface area contributed by atoms with Crippen LogP contribution in [0.2, 0.25) is 0 Å². The first kappa shape index (κ1) is 29.3. The third-order valence-corrected chi connectivity index (χ3v) is 0. The molecule has 0 nitrogen and oxygen atoms in total. The third kappa shape index (κ3) is 795. The topological polar surface area (TPSA) is 0 Å². The van der Waals surface area contributed by atoms with Crippen molar-refractivity contribution < 1.29 is 0 Å². The van der Waals surface area contributed by atoms with E-state index in [1.165, 1.54) is 0 Å². The van der Waals surface area contributed by atoms with Crippen LogP contribution in [0.5, 0.6) is 0 Å². The zero-order valence-electron chi connectivity index (χ0n) is 8.32. The predicted molar refractivity (Wildman–Crippen MR) is 73.5 cm³/mol. The molecule has 0 aromatic rings. The molecule has 13 heavy (non-hydrogen) atoms. The van der Waals surface area contributed by atoms with Gasteiger partial charge in [0, 0.05) is 0 Å². The van der Waals surface area contributed by atoms with Gasteiger partial charge in [-0.05, 0) is 0 Å². The third-order valence-electron chi connectivity index (χ3n) is 0. The Hall–Kier alpha value is 1.50. The molecule has 0 saturated heterocycles. The van der Waals surface area contributed by atoms with Crippen molar-refractivity contribution >= 4 is 49.2 Å². The Morgan fingerprint density at radius 3 is 0.615 bits per heavy atom. The molecule has 82 valence electrons. The van der Waals surface area contributed by atoms with E-state index < -0.39 is 0 Å². The molecule has 0 heterocycles. The van der Waals surface area contributed by atoms with Gasteiger partial charge in [-0.3, -0.25) is 0 Å². The van der Waals surface area contributed by atoms with Crippen molar-refractivity contribution in [2.75, 3.05) is 0 Å². The van der Waals surface area contributed by atoms with Crippen LogP contribution >= 0.6 is 0 Å². The zero-order chi connectivity index (χ0) is 9.00. The summed E-state index contributed by atoms with van der Waals surface area (Å²) in [5.74, 6) is 0. The minimum Gasteiger partial charge on any atom is -0.787 e. The standard InChI is InChI=1S/2C4H10S.2CH4.Sn/c2*1-4(2,3)5;;;/h2*5H,1-3H3;2*1H4;/q;;;;+2/p-2. The van der Waals surface area contributed by atoms with E-state index in [1.54, 1.807) is 0 Å². The molecule has 3 heteroatoms. The Morgan fingerprint density at radius 1 is 0.615 bits per heavy atom. The largest absolute Gasteiger partial charge is 2.00 e. The second-order valence-electron chi connectivity index (χ2n) is 4.22. The molecule has 0 amide bonds. The van der Waals surface area contributed by atoms with Gasteiger partial charge in [-0.2, -0.15) is 9.49 Å². The first-order valence-electron chi connectivity index (χ1n) is 3.41. The number of hydrogen-bond acceptors (Lipinski definition) is 2. The van der Waals surface area contributed by atoms with Crippen molar-refractivity contribution in [3.05, 3.63) is 0 Å². The van der Waals surface area contributed by atoms with Crippen LogP contribution in [-0.2, 0) is 25.3 Å². The van der Waals surface area contributed by atoms with Crippen molar-refractivity contribution in [3.63, 3.8) is 0 Å². The maximum Gasteiger partial charge on any atom is 2.00 e. The van der Waals surface area contributed by atoms with Gasteiger partial charge in [-0.1, -0.05) is 56.4 Å². The molecular weight excluding hydrogens is 303 g/mol. The molecule has 0 N–H and O–H groups in total. The predicted octanol–water partition coefficient (Wildman–Crippen LogP) is 3.56. The fraction of sp³-hybridized carbons (Fsp3) is 1.00. The molecule has 0 rings (SSSR count). The molecule has 0 bridgehead atoms. The Morgan fingerprint density at radius 2 is 0.615 bits per heavy atom. The molecule has 0 aliphatic heterocycles. The van der Waals surface area contributed by atoms with Crippen LogP contribution < -0.4 is 0 Å². The molecule has 0 fully saturated rings. The van der Waals surface area contributed by atoms with Crippen LogP contribution in [-0.4, -0.2) is 33.4 Å². The van der Waals surface area contributed by atoms with Crippen molar-refractivity contribution in [2.24, 2.45) is 0 Å². The summed E-state index contributed by atoms with van der Waals surface area (Å²) in [6, 6.07) is 0. The van der Waals surface area contributed by atoms with Crippen LogP contribution in [0.1, 0.15) is 56.4 Å². The smallest absolute Gasteiger partial charge is 0.787 e. The molecule has 0 aliphatic carbocycles. The van der Waals surface area contributed by atoms with Gasteiger partial charge in [-0.15, -0.1) is 0 Å². The quantitative estimate of drug-likeness (QED) is 0.492. The van der Waals surface area contributed by atoms with Crippen molar-refractivity contribution in [1.29, 1.82) is 0 Å². The summed E-state index contributed by atoms with van der Waals surface area (Å²) in [7, 11) is 0. The van der Waals surface area contributed by atoms with Gasteiger partial charge in [0.2, 0.25) is 0 Å². The van der Waals surface area contributed by atoms with E-state index in [-0.39, 0.29) is 48.3 Å². The van der Waals surface area contributed by atoms with Gasteiger partial charge in [0.05, 0.1) is 0 Å². The fourth-order valence-corrected chi connectivity index (χ4v) is 0. The second-order valence-corrected chi connectivity index (χ2v) is 6.67. The summed E-state index contributed by atoms with van der Waals surface area (Å²) in [6.45, 7) is 12.0. The summed E-state index contributed by atoms with van der Waals surface area (Å²) in [4.78, 5) is 0. The van der Waals surface area contributed by atoms with E-state index in [2.05, 4.69) is 0 Å². The van der Waals surface area contributed by atoms with Gasteiger partial charge in [0.1, 0.15) is 0 Å².